The molecule has 0 aliphatic carbocycles. The van der Waals surface area contributed by atoms with Crippen molar-refractivity contribution in [2.75, 3.05) is 0 Å². The summed E-state index contributed by atoms with van der Waals surface area (Å²) in [5.74, 6) is -0.124. The highest BCUT2D eigenvalue weighted by Crippen LogP contribution is 2.29. The van der Waals surface area contributed by atoms with Crippen molar-refractivity contribution in [2.45, 2.75) is 0 Å². The third-order valence-corrected chi connectivity index (χ3v) is 4.21. The van der Waals surface area contributed by atoms with Crippen LogP contribution in [0.25, 0.3) is 10.1 Å². The van der Waals surface area contributed by atoms with E-state index >= 15 is 0 Å². The SMILES string of the molecule is Fc1cc2sc(I)cc2cc1I. The molecule has 0 amide bonds. The first kappa shape index (κ1) is 9.14. The summed E-state index contributed by atoms with van der Waals surface area (Å²) >= 11 is 5.88. The highest BCUT2D eigenvalue weighted by Gasteiger charge is 2.04. The summed E-state index contributed by atoms with van der Waals surface area (Å²) in [5, 5.41) is 1.13. The molecule has 0 atom stereocenters. The van der Waals surface area contributed by atoms with E-state index in [1.807, 2.05) is 28.7 Å². The average Bonchev–Trinajstić information content (AvgIpc) is 2.30. The van der Waals surface area contributed by atoms with Crippen LogP contribution in [0.15, 0.2) is 18.2 Å². The highest BCUT2D eigenvalue weighted by molar-refractivity contribution is 14.1. The van der Waals surface area contributed by atoms with Crippen molar-refractivity contribution in [3.63, 3.8) is 0 Å². The van der Waals surface area contributed by atoms with Gasteiger partial charge in [0.1, 0.15) is 5.82 Å². The molecular weight excluding hydrogens is 401 g/mol. The normalized spacial score (nSPS) is 10.9. The summed E-state index contributed by atoms with van der Waals surface area (Å²) in [5.41, 5.74) is 0. The molecule has 62 valence electrons. The number of benzene rings is 1. The quantitative estimate of drug-likeness (QED) is 0.577. The summed E-state index contributed by atoms with van der Waals surface area (Å²) in [6, 6.07) is 5.55. The lowest BCUT2D eigenvalue weighted by molar-refractivity contribution is 0.622. The van der Waals surface area contributed by atoms with Gasteiger partial charge in [-0.1, -0.05) is 0 Å². The summed E-state index contributed by atoms with van der Waals surface area (Å²) in [6.45, 7) is 0. The Kier molecular flexibility index (Phi) is 2.57. The van der Waals surface area contributed by atoms with Gasteiger partial charge in [0.05, 0.1) is 2.88 Å². The molecule has 0 fully saturated rings. The first-order chi connectivity index (χ1) is 5.66. The molecule has 0 spiro atoms. The van der Waals surface area contributed by atoms with E-state index in [9.17, 15) is 4.39 Å². The second-order valence-electron chi connectivity index (χ2n) is 2.35. The first-order valence-corrected chi connectivity index (χ1v) is 6.18. The van der Waals surface area contributed by atoms with Crippen LogP contribution in [0.2, 0.25) is 0 Å². The molecule has 1 aromatic heterocycles. The van der Waals surface area contributed by atoms with E-state index in [-0.39, 0.29) is 5.82 Å². The van der Waals surface area contributed by atoms with Crippen molar-refractivity contribution in [2.24, 2.45) is 0 Å². The van der Waals surface area contributed by atoms with Gasteiger partial charge >= 0.3 is 0 Å². The number of rotatable bonds is 0. The second kappa shape index (κ2) is 3.38. The molecule has 0 nitrogen and oxygen atoms in total. The van der Waals surface area contributed by atoms with E-state index in [0.717, 1.165) is 10.1 Å². The molecule has 0 bridgehead atoms. The van der Waals surface area contributed by atoms with Crippen LogP contribution in [0, 0.1) is 12.3 Å². The van der Waals surface area contributed by atoms with Crippen LogP contribution in [0.4, 0.5) is 4.39 Å². The standard InChI is InChI=1S/C8H3FI2S/c9-5-3-7-4(1-6(5)10)2-8(11)12-7/h1-3H. The molecule has 1 aromatic carbocycles. The zero-order valence-electron chi connectivity index (χ0n) is 5.77. The Hall–Kier alpha value is 0.570. The fourth-order valence-corrected chi connectivity index (χ4v) is 3.33. The number of fused-ring (bicyclic) bond motifs is 1. The molecule has 12 heavy (non-hydrogen) atoms. The van der Waals surface area contributed by atoms with E-state index in [0.29, 0.717) is 3.57 Å². The van der Waals surface area contributed by atoms with Crippen LogP contribution in [0.3, 0.4) is 0 Å². The van der Waals surface area contributed by atoms with E-state index in [1.54, 1.807) is 17.4 Å². The Morgan fingerprint density at radius 3 is 2.67 bits per heavy atom. The summed E-state index contributed by atoms with van der Waals surface area (Å²) in [6.07, 6.45) is 0. The number of hydrogen-bond acceptors (Lipinski definition) is 1. The van der Waals surface area contributed by atoms with Crippen molar-refractivity contribution < 1.29 is 4.39 Å². The van der Waals surface area contributed by atoms with Crippen molar-refractivity contribution >= 4 is 66.6 Å². The van der Waals surface area contributed by atoms with Crippen LogP contribution >= 0.6 is 56.5 Å². The van der Waals surface area contributed by atoms with Crippen molar-refractivity contribution in [3.8, 4) is 0 Å². The number of hydrogen-bond donors (Lipinski definition) is 0. The van der Waals surface area contributed by atoms with Gasteiger partial charge in [-0.05, 0) is 68.8 Å². The zero-order chi connectivity index (χ0) is 8.72. The van der Waals surface area contributed by atoms with Gasteiger partial charge in [-0.2, -0.15) is 0 Å². The number of thiophene rings is 1. The third kappa shape index (κ3) is 1.60. The predicted octanol–water partition coefficient (Wildman–Crippen LogP) is 4.25. The molecule has 1 heterocycles. The smallest absolute Gasteiger partial charge is 0.137 e. The average molecular weight is 404 g/mol. The maximum Gasteiger partial charge on any atom is 0.137 e. The molecular formula is C8H3FI2S. The minimum atomic E-state index is -0.124. The Balaban J connectivity index is 2.83. The van der Waals surface area contributed by atoms with Crippen LogP contribution in [-0.4, -0.2) is 0 Å². The monoisotopic (exact) mass is 404 g/mol. The molecule has 0 saturated heterocycles. The van der Waals surface area contributed by atoms with Crippen molar-refractivity contribution in [1.82, 2.24) is 0 Å². The summed E-state index contributed by atoms with van der Waals surface area (Å²) in [7, 11) is 0. The van der Waals surface area contributed by atoms with Crippen molar-refractivity contribution in [1.29, 1.82) is 0 Å². The summed E-state index contributed by atoms with van der Waals surface area (Å²) in [4.78, 5) is 0. The van der Waals surface area contributed by atoms with Crippen LogP contribution < -0.4 is 0 Å². The van der Waals surface area contributed by atoms with Gasteiger partial charge in [-0.15, -0.1) is 11.3 Å². The van der Waals surface area contributed by atoms with E-state index in [1.165, 1.54) is 2.88 Å². The molecule has 0 aliphatic heterocycles. The molecule has 0 aliphatic rings. The summed E-state index contributed by atoms with van der Waals surface area (Å²) < 4.78 is 16.0. The molecule has 4 heteroatoms. The Morgan fingerprint density at radius 1 is 1.17 bits per heavy atom. The Bertz CT molecular complexity index is 397. The minimum absolute atomic E-state index is 0.124. The molecule has 0 radical (unpaired) electrons. The minimum Gasteiger partial charge on any atom is -0.206 e. The molecule has 0 saturated carbocycles. The van der Waals surface area contributed by atoms with Gasteiger partial charge in [-0.3, -0.25) is 0 Å². The lowest BCUT2D eigenvalue weighted by Gasteiger charge is -1.92. The molecule has 2 aromatic rings. The van der Waals surface area contributed by atoms with Gasteiger partial charge in [0.2, 0.25) is 0 Å². The lowest BCUT2D eigenvalue weighted by Crippen LogP contribution is -1.78. The predicted molar refractivity (Wildman–Crippen MR) is 67.2 cm³/mol. The molecule has 0 unspecified atom stereocenters. The second-order valence-corrected chi connectivity index (χ2v) is 6.49. The maximum atomic E-state index is 13.1. The van der Waals surface area contributed by atoms with Gasteiger partial charge in [0.25, 0.3) is 0 Å². The Labute approximate surface area is 100 Å². The molecule has 2 rings (SSSR count). The van der Waals surface area contributed by atoms with Gasteiger partial charge in [-0.25, -0.2) is 4.39 Å². The first-order valence-electron chi connectivity index (χ1n) is 3.21. The van der Waals surface area contributed by atoms with Gasteiger partial charge in [0, 0.05) is 8.27 Å². The van der Waals surface area contributed by atoms with Crippen LogP contribution in [0.5, 0.6) is 0 Å². The van der Waals surface area contributed by atoms with Gasteiger partial charge in [0.15, 0.2) is 0 Å². The molecule has 0 N–H and O–H groups in total. The lowest BCUT2D eigenvalue weighted by atomic mass is 10.3. The zero-order valence-corrected chi connectivity index (χ0v) is 10.9. The number of halogens is 3. The highest BCUT2D eigenvalue weighted by atomic mass is 127. The largest absolute Gasteiger partial charge is 0.206 e. The fourth-order valence-electron chi connectivity index (χ4n) is 1.00. The topological polar surface area (TPSA) is 0 Å². The van der Waals surface area contributed by atoms with E-state index in [4.69, 9.17) is 0 Å². The fraction of sp³-hybridized carbons (Fsp3) is 0. The maximum absolute atomic E-state index is 13.1. The van der Waals surface area contributed by atoms with E-state index < -0.39 is 0 Å². The van der Waals surface area contributed by atoms with Crippen LogP contribution in [0.1, 0.15) is 0 Å². The van der Waals surface area contributed by atoms with E-state index in [2.05, 4.69) is 28.7 Å². The van der Waals surface area contributed by atoms with Crippen molar-refractivity contribution in [3.05, 3.63) is 30.5 Å². The Morgan fingerprint density at radius 2 is 1.92 bits per heavy atom. The van der Waals surface area contributed by atoms with Gasteiger partial charge < -0.3 is 0 Å². The van der Waals surface area contributed by atoms with Crippen LogP contribution in [-0.2, 0) is 0 Å². The third-order valence-electron chi connectivity index (χ3n) is 1.53.